The molecular formula is C14H20N4O2. The highest BCUT2D eigenvalue weighted by Gasteiger charge is 2.08. The molecule has 0 spiro atoms. The van der Waals surface area contributed by atoms with E-state index in [1.54, 1.807) is 23.3 Å². The van der Waals surface area contributed by atoms with E-state index in [1.165, 1.54) is 10.6 Å². The number of hydrogen-bond donors (Lipinski definition) is 0. The van der Waals surface area contributed by atoms with Crippen LogP contribution in [-0.2, 0) is 19.6 Å². The maximum absolute atomic E-state index is 12.3. The molecule has 20 heavy (non-hydrogen) atoms. The summed E-state index contributed by atoms with van der Waals surface area (Å²) in [5.41, 5.74) is 0.343. The smallest absolute Gasteiger partial charge is 0.331 e. The van der Waals surface area contributed by atoms with Crippen LogP contribution in [-0.4, -0.2) is 18.7 Å². The Labute approximate surface area is 117 Å². The van der Waals surface area contributed by atoms with Crippen LogP contribution >= 0.6 is 0 Å². The van der Waals surface area contributed by atoms with E-state index in [2.05, 4.69) is 11.9 Å². The molecule has 0 fully saturated rings. The van der Waals surface area contributed by atoms with Crippen LogP contribution in [0.3, 0.4) is 0 Å². The normalized spacial score (nSPS) is 10.9. The first-order valence-electron chi connectivity index (χ1n) is 6.96. The fourth-order valence-electron chi connectivity index (χ4n) is 2.20. The molecule has 0 saturated heterocycles. The largest absolute Gasteiger partial charge is 0.333 e. The van der Waals surface area contributed by atoms with Gasteiger partial charge >= 0.3 is 5.69 Å². The molecule has 6 nitrogen and oxygen atoms in total. The summed E-state index contributed by atoms with van der Waals surface area (Å²) in [6, 6.07) is 1.44. The number of aromatic nitrogens is 4. The minimum Gasteiger partial charge on any atom is -0.333 e. The summed E-state index contributed by atoms with van der Waals surface area (Å²) in [5.74, 6) is 0. The van der Waals surface area contributed by atoms with Crippen LogP contribution in [0.25, 0.3) is 0 Å². The van der Waals surface area contributed by atoms with Gasteiger partial charge in [0.25, 0.3) is 5.56 Å². The summed E-state index contributed by atoms with van der Waals surface area (Å²) in [7, 11) is 0. The maximum atomic E-state index is 12.3. The van der Waals surface area contributed by atoms with Crippen molar-refractivity contribution in [1.82, 2.24) is 18.7 Å². The first kappa shape index (κ1) is 14.3. The van der Waals surface area contributed by atoms with Gasteiger partial charge in [0.2, 0.25) is 0 Å². The van der Waals surface area contributed by atoms with E-state index < -0.39 is 0 Å². The van der Waals surface area contributed by atoms with Crippen LogP contribution in [0.5, 0.6) is 0 Å². The zero-order valence-corrected chi connectivity index (χ0v) is 12.0. The quantitative estimate of drug-likeness (QED) is 0.793. The third kappa shape index (κ3) is 2.89. The lowest BCUT2D eigenvalue weighted by Gasteiger charge is -2.10. The molecule has 108 valence electrons. The fourth-order valence-corrected chi connectivity index (χ4v) is 2.20. The van der Waals surface area contributed by atoms with Crippen molar-refractivity contribution in [3.05, 3.63) is 51.3 Å². The lowest BCUT2D eigenvalue weighted by molar-refractivity contribution is 0.550. The molecular weight excluding hydrogens is 256 g/mol. The number of rotatable bonds is 6. The Kier molecular flexibility index (Phi) is 4.55. The summed E-state index contributed by atoms with van der Waals surface area (Å²) in [6.45, 7) is 5.79. The van der Waals surface area contributed by atoms with Crippen LogP contribution < -0.4 is 11.2 Å². The molecule has 6 heteroatoms. The minimum atomic E-state index is -0.272. The molecule has 0 radical (unpaired) electrons. The van der Waals surface area contributed by atoms with Crippen LogP contribution in [0, 0.1) is 0 Å². The third-order valence-corrected chi connectivity index (χ3v) is 3.19. The van der Waals surface area contributed by atoms with Crippen molar-refractivity contribution in [3.63, 3.8) is 0 Å². The lowest BCUT2D eigenvalue weighted by atomic mass is 10.4. The zero-order chi connectivity index (χ0) is 14.5. The average Bonchev–Trinajstić information content (AvgIpc) is 2.86. The molecule has 2 rings (SSSR count). The SMILES string of the molecule is CCCn1cncc1Cn1c(=O)ccn(CCC)c1=O. The van der Waals surface area contributed by atoms with Crippen molar-refractivity contribution in [3.8, 4) is 0 Å². The Morgan fingerprint density at radius 3 is 2.50 bits per heavy atom. The molecule has 0 aromatic carbocycles. The third-order valence-electron chi connectivity index (χ3n) is 3.19. The van der Waals surface area contributed by atoms with Crippen molar-refractivity contribution in [2.75, 3.05) is 0 Å². The molecule has 2 heterocycles. The van der Waals surface area contributed by atoms with Crippen LogP contribution in [0.4, 0.5) is 0 Å². The number of imidazole rings is 1. The van der Waals surface area contributed by atoms with Gasteiger partial charge in [-0.15, -0.1) is 0 Å². The van der Waals surface area contributed by atoms with E-state index in [0.717, 1.165) is 25.1 Å². The van der Waals surface area contributed by atoms with Gasteiger partial charge in [-0.05, 0) is 12.8 Å². The summed E-state index contributed by atoms with van der Waals surface area (Å²) in [4.78, 5) is 28.3. The predicted molar refractivity (Wildman–Crippen MR) is 76.9 cm³/mol. The van der Waals surface area contributed by atoms with Gasteiger partial charge in [-0.2, -0.15) is 0 Å². The van der Waals surface area contributed by atoms with Gasteiger partial charge in [-0.3, -0.25) is 9.36 Å². The molecule has 2 aromatic heterocycles. The topological polar surface area (TPSA) is 61.8 Å². The van der Waals surface area contributed by atoms with Gasteiger partial charge in [0.1, 0.15) is 0 Å². The van der Waals surface area contributed by atoms with Crippen LogP contribution in [0.1, 0.15) is 32.4 Å². The molecule has 0 aliphatic heterocycles. The van der Waals surface area contributed by atoms with Gasteiger partial charge in [-0.25, -0.2) is 9.78 Å². The van der Waals surface area contributed by atoms with Gasteiger partial charge in [0.15, 0.2) is 0 Å². The fraction of sp³-hybridized carbons (Fsp3) is 0.500. The van der Waals surface area contributed by atoms with Crippen LogP contribution in [0.2, 0.25) is 0 Å². The van der Waals surface area contributed by atoms with Gasteiger partial charge in [-0.1, -0.05) is 13.8 Å². The van der Waals surface area contributed by atoms with E-state index in [-0.39, 0.29) is 17.8 Å². The molecule has 0 unspecified atom stereocenters. The molecule has 0 atom stereocenters. The highest BCUT2D eigenvalue weighted by Crippen LogP contribution is 2.01. The van der Waals surface area contributed by atoms with Gasteiger partial charge < -0.3 is 9.13 Å². The Hall–Kier alpha value is -2.11. The Morgan fingerprint density at radius 1 is 1.10 bits per heavy atom. The van der Waals surface area contributed by atoms with Crippen molar-refractivity contribution in [1.29, 1.82) is 0 Å². The second kappa shape index (κ2) is 6.36. The summed E-state index contributed by atoms with van der Waals surface area (Å²) < 4.78 is 4.81. The van der Waals surface area contributed by atoms with E-state index >= 15 is 0 Å². The molecule has 0 N–H and O–H groups in total. The second-order valence-electron chi connectivity index (χ2n) is 4.79. The number of aryl methyl sites for hydroxylation is 2. The molecule has 0 amide bonds. The predicted octanol–water partition coefficient (Wildman–Crippen LogP) is 1.07. The van der Waals surface area contributed by atoms with E-state index in [1.807, 2.05) is 11.5 Å². The monoisotopic (exact) mass is 276 g/mol. The summed E-state index contributed by atoms with van der Waals surface area (Å²) >= 11 is 0. The molecule has 0 saturated carbocycles. The minimum absolute atomic E-state index is 0.261. The Bertz CT molecular complexity index is 681. The first-order valence-corrected chi connectivity index (χ1v) is 6.96. The van der Waals surface area contributed by atoms with E-state index in [4.69, 9.17) is 0 Å². The second-order valence-corrected chi connectivity index (χ2v) is 4.79. The van der Waals surface area contributed by atoms with E-state index in [9.17, 15) is 9.59 Å². The number of nitrogens with zero attached hydrogens (tertiary/aromatic N) is 4. The standard InChI is InChI=1S/C14H20N4O2/c1-3-6-16-8-5-13(19)18(14(16)20)10-12-9-15-11-17(12)7-4-2/h5,8-9,11H,3-4,6-7,10H2,1-2H3. The Morgan fingerprint density at radius 2 is 1.80 bits per heavy atom. The van der Waals surface area contributed by atoms with Gasteiger partial charge in [0.05, 0.1) is 18.6 Å². The molecule has 0 bridgehead atoms. The van der Waals surface area contributed by atoms with Crippen LogP contribution in [0.15, 0.2) is 34.4 Å². The maximum Gasteiger partial charge on any atom is 0.331 e. The average molecular weight is 276 g/mol. The molecule has 2 aromatic rings. The lowest BCUT2D eigenvalue weighted by Crippen LogP contribution is -2.39. The summed E-state index contributed by atoms with van der Waals surface area (Å²) in [5, 5.41) is 0. The summed E-state index contributed by atoms with van der Waals surface area (Å²) in [6.07, 6.45) is 6.84. The van der Waals surface area contributed by atoms with Crippen molar-refractivity contribution >= 4 is 0 Å². The van der Waals surface area contributed by atoms with E-state index in [0.29, 0.717) is 6.54 Å². The van der Waals surface area contributed by atoms with Gasteiger partial charge in [0, 0.05) is 31.5 Å². The highest BCUT2D eigenvalue weighted by atomic mass is 16.2. The molecule has 0 aliphatic carbocycles. The van der Waals surface area contributed by atoms with Crippen molar-refractivity contribution in [2.24, 2.45) is 0 Å². The highest BCUT2D eigenvalue weighted by molar-refractivity contribution is 5.00. The van der Waals surface area contributed by atoms with Crippen molar-refractivity contribution < 1.29 is 0 Å². The zero-order valence-electron chi connectivity index (χ0n) is 12.0. The Balaban J connectivity index is 2.38. The first-order chi connectivity index (χ1) is 9.67. The molecule has 0 aliphatic rings. The number of hydrogen-bond acceptors (Lipinski definition) is 3. The van der Waals surface area contributed by atoms with Crippen molar-refractivity contribution in [2.45, 2.75) is 46.3 Å².